The summed E-state index contributed by atoms with van der Waals surface area (Å²) in [6.07, 6.45) is 7.04. The van der Waals surface area contributed by atoms with Gasteiger partial charge in [0.1, 0.15) is 0 Å². The molecule has 1 aromatic rings. The Morgan fingerprint density at radius 3 is 2.90 bits per heavy atom. The normalized spacial score (nSPS) is 23.3. The minimum atomic E-state index is -0.451. The van der Waals surface area contributed by atoms with Gasteiger partial charge in [0.2, 0.25) is 0 Å². The monoisotopic (exact) mass is 371 g/mol. The Morgan fingerprint density at radius 1 is 1.38 bits per heavy atom. The molecule has 3 rings (SSSR count). The zero-order valence-electron chi connectivity index (χ0n) is 11.4. The molecule has 4 nitrogen and oxygen atoms in total. The number of hydrogen-bond acceptors (Lipinski definition) is 4. The third kappa shape index (κ3) is 3.01. The van der Waals surface area contributed by atoms with Crippen LogP contribution >= 0.6 is 11.6 Å². The number of halogens is 2. The second kappa shape index (κ2) is 6.47. The van der Waals surface area contributed by atoms with Crippen molar-refractivity contribution in [2.75, 3.05) is 13.2 Å². The van der Waals surface area contributed by atoms with Crippen molar-refractivity contribution in [1.29, 1.82) is 0 Å². The van der Waals surface area contributed by atoms with Crippen molar-refractivity contribution in [3.8, 4) is 0 Å². The fraction of sp³-hybridized carbons (Fsp3) is 0.429. The van der Waals surface area contributed by atoms with E-state index < -0.39 is 5.82 Å². The zero-order chi connectivity index (χ0) is 14.8. The van der Waals surface area contributed by atoms with E-state index in [0.29, 0.717) is 11.6 Å². The number of ether oxygens (including phenoxy) is 1. The van der Waals surface area contributed by atoms with Crippen molar-refractivity contribution in [3.05, 3.63) is 41.1 Å². The Kier molecular flexibility index (Phi) is 4.62. The van der Waals surface area contributed by atoms with Crippen LogP contribution in [0.1, 0.15) is 24.4 Å². The van der Waals surface area contributed by atoms with Gasteiger partial charge in [-0.15, -0.1) is 0 Å². The van der Waals surface area contributed by atoms with Crippen molar-refractivity contribution < 1.29 is 9.13 Å². The van der Waals surface area contributed by atoms with Gasteiger partial charge >= 0.3 is 136 Å². The summed E-state index contributed by atoms with van der Waals surface area (Å²) in [5, 5.41) is -0.0847. The summed E-state index contributed by atoms with van der Waals surface area (Å²) in [5.74, 6) is -0.451. The molecule has 21 heavy (non-hydrogen) atoms. The van der Waals surface area contributed by atoms with E-state index in [0.717, 1.165) is 30.7 Å². The van der Waals surface area contributed by atoms with Crippen molar-refractivity contribution >= 4 is 33.1 Å². The Hall–Kier alpha value is -0.902. The maximum absolute atomic E-state index is 14.3. The van der Waals surface area contributed by atoms with Gasteiger partial charge in [0.15, 0.2) is 0 Å². The van der Waals surface area contributed by atoms with Crippen LogP contribution in [0.2, 0.25) is 5.15 Å². The van der Waals surface area contributed by atoms with E-state index in [9.17, 15) is 4.39 Å². The van der Waals surface area contributed by atoms with Crippen LogP contribution in [0.5, 0.6) is 0 Å². The predicted octanol–water partition coefficient (Wildman–Crippen LogP) is 1.91. The molecule has 1 aromatic heterocycles. The fourth-order valence-corrected chi connectivity index (χ4v) is 3.92. The van der Waals surface area contributed by atoms with Crippen molar-refractivity contribution in [2.45, 2.75) is 24.9 Å². The van der Waals surface area contributed by atoms with Gasteiger partial charge in [-0.05, 0) is 0 Å². The third-order valence-corrected chi connectivity index (χ3v) is 5.02. The number of pyridine rings is 1. The van der Waals surface area contributed by atoms with E-state index in [2.05, 4.69) is 14.9 Å². The van der Waals surface area contributed by atoms with Crippen LogP contribution in [0, 0.1) is 5.82 Å². The van der Waals surface area contributed by atoms with Gasteiger partial charge in [0, 0.05) is 0 Å². The fourth-order valence-electron chi connectivity index (χ4n) is 2.79. The summed E-state index contributed by atoms with van der Waals surface area (Å²) in [6.45, 7) is 1.47. The second-order valence-electron chi connectivity index (χ2n) is 5.03. The first-order chi connectivity index (χ1) is 10.2. The van der Waals surface area contributed by atoms with E-state index in [1.807, 2.05) is 6.08 Å². The molecule has 3 heterocycles. The molecule has 0 radical (unpaired) electrons. The molecule has 0 saturated carbocycles. The number of amidine groups is 1. The predicted molar refractivity (Wildman–Crippen MR) is 82.7 cm³/mol. The van der Waals surface area contributed by atoms with Crippen molar-refractivity contribution in [1.82, 2.24) is 9.88 Å². The summed E-state index contributed by atoms with van der Waals surface area (Å²) in [4.78, 5) is 10.4. The van der Waals surface area contributed by atoms with Gasteiger partial charge in [-0.25, -0.2) is 0 Å². The average Bonchev–Trinajstić information content (AvgIpc) is 2.51. The van der Waals surface area contributed by atoms with Gasteiger partial charge in [-0.3, -0.25) is 0 Å². The molecule has 112 valence electrons. The maximum atomic E-state index is 14.3. The first-order valence-electron chi connectivity index (χ1n) is 6.84. The molecule has 0 N–H and O–H groups in total. The molecule has 2 aliphatic rings. The molecular formula is C14H16AsClFN3O. The van der Waals surface area contributed by atoms with Crippen LogP contribution in [-0.4, -0.2) is 50.6 Å². The first kappa shape index (κ1) is 15.0. The molecule has 2 unspecified atom stereocenters. The van der Waals surface area contributed by atoms with Crippen LogP contribution in [0.15, 0.2) is 29.5 Å². The molecule has 1 fully saturated rings. The standard InChI is InChI=1S/C14H16AsClFN3O/c15-14-19-6-2-11(10-1-5-18-13(16)12(10)17)20(14)9-3-7-21-8-4-9/h1-2,5-6,9,11H,3-4,7-8,15H2. The molecule has 0 amide bonds. The zero-order valence-corrected chi connectivity index (χ0v) is 14.6. The molecule has 0 bridgehead atoms. The SMILES string of the molecule is Fc1c(C2C=CN=C([AsH2])N2C2CCOCC2)ccnc1Cl. The van der Waals surface area contributed by atoms with Gasteiger partial charge in [0.05, 0.1) is 0 Å². The summed E-state index contributed by atoms with van der Waals surface area (Å²) >= 11 is 7.27. The number of nitrogens with zero attached hydrogens (tertiary/aromatic N) is 3. The molecule has 0 aromatic carbocycles. The molecule has 7 heteroatoms. The summed E-state index contributed by atoms with van der Waals surface area (Å²) in [5.41, 5.74) is 0.544. The van der Waals surface area contributed by atoms with Crippen molar-refractivity contribution in [3.63, 3.8) is 0 Å². The first-order valence-corrected chi connectivity index (χ1v) is 8.43. The number of hydrogen-bond donors (Lipinski definition) is 0. The molecular weight excluding hydrogens is 356 g/mol. The second-order valence-corrected chi connectivity index (χ2v) is 6.47. The molecule has 0 spiro atoms. The van der Waals surface area contributed by atoms with Crippen LogP contribution in [0.3, 0.4) is 0 Å². The number of rotatable bonds is 2. The topological polar surface area (TPSA) is 37.7 Å². The minimum absolute atomic E-state index is 0.0847. The molecule has 0 aliphatic carbocycles. The van der Waals surface area contributed by atoms with Gasteiger partial charge in [-0.2, -0.15) is 0 Å². The molecule has 1 saturated heterocycles. The van der Waals surface area contributed by atoms with Crippen LogP contribution < -0.4 is 0 Å². The van der Waals surface area contributed by atoms with Gasteiger partial charge in [0.25, 0.3) is 0 Å². The van der Waals surface area contributed by atoms with Crippen LogP contribution in [0.25, 0.3) is 0 Å². The van der Waals surface area contributed by atoms with Crippen molar-refractivity contribution in [2.24, 2.45) is 4.99 Å². The summed E-state index contributed by atoms with van der Waals surface area (Å²) < 4.78 is 20.7. The number of aromatic nitrogens is 1. The Bertz CT molecular complexity index is 590. The quantitative estimate of drug-likeness (QED) is 0.589. The average molecular weight is 372 g/mol. The molecule has 2 aliphatic heterocycles. The van der Waals surface area contributed by atoms with E-state index in [1.54, 1.807) is 18.5 Å². The summed E-state index contributed by atoms with van der Waals surface area (Å²) in [7, 11) is 0. The number of aliphatic imine (C=N–C) groups is 1. The summed E-state index contributed by atoms with van der Waals surface area (Å²) in [6, 6.07) is 1.81. The van der Waals surface area contributed by atoms with E-state index in [4.69, 9.17) is 16.3 Å². The Labute approximate surface area is 136 Å². The van der Waals surface area contributed by atoms with Crippen LogP contribution in [0.4, 0.5) is 4.39 Å². The van der Waals surface area contributed by atoms with E-state index in [1.165, 1.54) is 16.9 Å². The van der Waals surface area contributed by atoms with E-state index in [-0.39, 0.29) is 11.2 Å². The third-order valence-electron chi connectivity index (χ3n) is 3.82. The van der Waals surface area contributed by atoms with Crippen LogP contribution in [-0.2, 0) is 4.74 Å². The Morgan fingerprint density at radius 2 is 2.14 bits per heavy atom. The van der Waals surface area contributed by atoms with E-state index >= 15 is 0 Å². The Balaban J connectivity index is 1.96. The van der Waals surface area contributed by atoms with Gasteiger partial charge in [-0.1, -0.05) is 0 Å². The van der Waals surface area contributed by atoms with Gasteiger partial charge < -0.3 is 0 Å². The molecule has 2 atom stereocenters.